The summed E-state index contributed by atoms with van der Waals surface area (Å²) in [6, 6.07) is 12.4. The average Bonchev–Trinajstić information content (AvgIpc) is 2.91. The maximum Gasteiger partial charge on any atom is 0.237 e. The van der Waals surface area contributed by atoms with E-state index < -0.39 is 0 Å². The summed E-state index contributed by atoms with van der Waals surface area (Å²) < 4.78 is 0. The fourth-order valence-corrected chi connectivity index (χ4v) is 5.96. The zero-order valence-corrected chi connectivity index (χ0v) is 13.4. The summed E-state index contributed by atoms with van der Waals surface area (Å²) in [6.45, 7) is 0. The van der Waals surface area contributed by atoms with Crippen molar-refractivity contribution in [3.05, 3.63) is 35.9 Å². The first-order valence-electron chi connectivity index (χ1n) is 9.17. The maximum atomic E-state index is 12.5. The third kappa shape index (κ3) is 2.15. The molecular formula is C19H25N3O. The van der Waals surface area contributed by atoms with E-state index in [4.69, 9.17) is 0 Å². The Morgan fingerprint density at radius 2 is 1.74 bits per heavy atom. The quantitative estimate of drug-likeness (QED) is 0.743. The van der Waals surface area contributed by atoms with Gasteiger partial charge in [0.2, 0.25) is 5.91 Å². The third-order valence-corrected chi connectivity index (χ3v) is 6.83. The molecule has 23 heavy (non-hydrogen) atoms. The number of nitrogens with one attached hydrogen (secondary N) is 3. The van der Waals surface area contributed by atoms with Gasteiger partial charge in [-0.25, -0.2) is 5.43 Å². The minimum atomic E-state index is 0.210. The molecule has 4 heteroatoms. The molecule has 2 aliphatic heterocycles. The van der Waals surface area contributed by atoms with Crippen LogP contribution in [0.1, 0.15) is 43.6 Å². The predicted octanol–water partition coefficient (Wildman–Crippen LogP) is 1.94. The molecule has 1 amide bonds. The smallest absolute Gasteiger partial charge is 0.237 e. The Labute approximate surface area is 137 Å². The van der Waals surface area contributed by atoms with E-state index >= 15 is 0 Å². The number of hydrogen-bond acceptors (Lipinski definition) is 3. The highest BCUT2D eigenvalue weighted by atomic mass is 16.2. The summed E-state index contributed by atoms with van der Waals surface area (Å²) >= 11 is 0. The van der Waals surface area contributed by atoms with Gasteiger partial charge in [-0.05, 0) is 49.0 Å². The Morgan fingerprint density at radius 1 is 0.913 bits per heavy atom. The molecule has 7 atom stereocenters. The van der Waals surface area contributed by atoms with Crippen LogP contribution in [0.2, 0.25) is 0 Å². The van der Waals surface area contributed by atoms with Crippen molar-refractivity contribution in [1.82, 2.24) is 16.2 Å². The minimum absolute atomic E-state index is 0.210. The SMILES string of the molecule is O=C1NNC2CC(c3ccccc3)CC3NC4CCCC1C4C23. The molecule has 4 nitrogen and oxygen atoms in total. The first-order chi connectivity index (χ1) is 11.3. The Hall–Kier alpha value is -1.39. The van der Waals surface area contributed by atoms with Crippen molar-refractivity contribution in [2.45, 2.75) is 56.1 Å². The van der Waals surface area contributed by atoms with E-state index in [1.54, 1.807) is 0 Å². The Bertz CT molecular complexity index is 604. The highest BCUT2D eigenvalue weighted by molar-refractivity contribution is 5.79. The van der Waals surface area contributed by atoms with Crippen LogP contribution < -0.4 is 16.2 Å². The summed E-state index contributed by atoms with van der Waals surface area (Å²) in [4.78, 5) is 12.5. The standard InChI is InChI=1S/C19H25N3O/c23-19-13-7-4-8-14-17(13)18-15(20-14)9-12(10-16(18)21-22-19)11-5-2-1-3-6-11/h1-3,5-6,12-18,20-21H,4,7-10H2,(H,22,23). The van der Waals surface area contributed by atoms with Gasteiger partial charge in [-0.15, -0.1) is 0 Å². The molecule has 7 unspecified atom stereocenters. The van der Waals surface area contributed by atoms with Gasteiger partial charge in [0.1, 0.15) is 0 Å². The predicted molar refractivity (Wildman–Crippen MR) is 88.5 cm³/mol. The van der Waals surface area contributed by atoms with E-state index in [1.165, 1.54) is 24.8 Å². The number of carbonyl (C=O) groups excluding carboxylic acids is 1. The Morgan fingerprint density at radius 3 is 2.61 bits per heavy atom. The number of benzene rings is 1. The molecule has 4 fully saturated rings. The molecule has 5 rings (SSSR count). The summed E-state index contributed by atoms with van der Waals surface area (Å²) in [5.74, 6) is 2.15. The van der Waals surface area contributed by atoms with E-state index in [0.29, 0.717) is 35.9 Å². The lowest BCUT2D eigenvalue weighted by Gasteiger charge is -2.40. The molecule has 2 heterocycles. The first kappa shape index (κ1) is 14.0. The van der Waals surface area contributed by atoms with Gasteiger partial charge in [-0.3, -0.25) is 10.2 Å². The fraction of sp³-hybridized carbons (Fsp3) is 0.632. The van der Waals surface area contributed by atoms with Gasteiger partial charge >= 0.3 is 0 Å². The van der Waals surface area contributed by atoms with Gasteiger partial charge in [-0.1, -0.05) is 36.8 Å². The van der Waals surface area contributed by atoms with E-state index in [9.17, 15) is 4.79 Å². The lowest BCUT2D eigenvalue weighted by atomic mass is 9.64. The van der Waals surface area contributed by atoms with Gasteiger partial charge in [-0.2, -0.15) is 0 Å². The van der Waals surface area contributed by atoms with E-state index in [1.807, 2.05) is 0 Å². The number of amides is 1. The molecule has 0 aromatic heterocycles. The van der Waals surface area contributed by atoms with Crippen LogP contribution >= 0.6 is 0 Å². The zero-order valence-electron chi connectivity index (χ0n) is 13.4. The van der Waals surface area contributed by atoms with E-state index in [-0.39, 0.29) is 11.8 Å². The summed E-state index contributed by atoms with van der Waals surface area (Å²) in [5, 5.41) is 3.92. The molecule has 122 valence electrons. The molecular weight excluding hydrogens is 286 g/mol. The lowest BCUT2D eigenvalue weighted by molar-refractivity contribution is -0.128. The molecule has 2 saturated heterocycles. The second kappa shape index (κ2) is 5.32. The molecule has 0 bridgehead atoms. The van der Waals surface area contributed by atoms with Crippen molar-refractivity contribution in [2.24, 2.45) is 17.8 Å². The lowest BCUT2D eigenvalue weighted by Crippen LogP contribution is -2.52. The molecule has 4 aliphatic rings. The van der Waals surface area contributed by atoms with Crippen LogP contribution in [0.5, 0.6) is 0 Å². The molecule has 2 aliphatic carbocycles. The topological polar surface area (TPSA) is 53.2 Å². The van der Waals surface area contributed by atoms with Crippen LogP contribution in [0.15, 0.2) is 30.3 Å². The van der Waals surface area contributed by atoms with Gasteiger partial charge in [0.05, 0.1) is 0 Å². The normalized spacial score (nSPS) is 45.0. The summed E-state index contributed by atoms with van der Waals surface area (Å²) in [6.07, 6.45) is 5.82. The third-order valence-electron chi connectivity index (χ3n) is 6.83. The number of hydrogen-bond donors (Lipinski definition) is 3. The second-order valence-corrected chi connectivity index (χ2v) is 7.89. The van der Waals surface area contributed by atoms with Gasteiger partial charge in [0, 0.05) is 24.0 Å². The van der Waals surface area contributed by atoms with Crippen molar-refractivity contribution in [3.63, 3.8) is 0 Å². The van der Waals surface area contributed by atoms with Crippen molar-refractivity contribution in [2.75, 3.05) is 0 Å². The first-order valence-corrected chi connectivity index (χ1v) is 9.17. The van der Waals surface area contributed by atoms with E-state index in [0.717, 1.165) is 12.8 Å². The Balaban J connectivity index is 1.48. The molecule has 2 saturated carbocycles. The Kier molecular flexibility index (Phi) is 3.24. The largest absolute Gasteiger partial charge is 0.311 e. The van der Waals surface area contributed by atoms with Gasteiger partial charge in [0.15, 0.2) is 0 Å². The van der Waals surface area contributed by atoms with Crippen molar-refractivity contribution in [3.8, 4) is 0 Å². The van der Waals surface area contributed by atoms with Gasteiger partial charge in [0.25, 0.3) is 0 Å². The molecule has 1 aromatic rings. The molecule has 0 spiro atoms. The monoisotopic (exact) mass is 311 g/mol. The highest BCUT2D eigenvalue weighted by Crippen LogP contribution is 2.50. The molecule has 3 N–H and O–H groups in total. The van der Waals surface area contributed by atoms with Crippen LogP contribution in [0.3, 0.4) is 0 Å². The van der Waals surface area contributed by atoms with Crippen molar-refractivity contribution < 1.29 is 4.79 Å². The number of hydrazine groups is 1. The van der Waals surface area contributed by atoms with Gasteiger partial charge < -0.3 is 5.32 Å². The summed E-state index contributed by atoms with van der Waals surface area (Å²) in [5.41, 5.74) is 7.89. The van der Waals surface area contributed by atoms with Crippen molar-refractivity contribution in [1.29, 1.82) is 0 Å². The molecule has 0 radical (unpaired) electrons. The van der Waals surface area contributed by atoms with Crippen molar-refractivity contribution >= 4 is 5.91 Å². The van der Waals surface area contributed by atoms with Crippen LogP contribution in [0, 0.1) is 17.8 Å². The molecule has 1 aromatic carbocycles. The van der Waals surface area contributed by atoms with Crippen LogP contribution in [-0.4, -0.2) is 24.0 Å². The van der Waals surface area contributed by atoms with Crippen LogP contribution in [-0.2, 0) is 4.79 Å². The fourth-order valence-electron chi connectivity index (χ4n) is 5.96. The number of rotatable bonds is 1. The summed E-state index contributed by atoms with van der Waals surface area (Å²) in [7, 11) is 0. The number of carbonyl (C=O) groups is 1. The van der Waals surface area contributed by atoms with Crippen LogP contribution in [0.25, 0.3) is 0 Å². The minimum Gasteiger partial charge on any atom is -0.311 e. The average molecular weight is 311 g/mol. The van der Waals surface area contributed by atoms with Crippen LogP contribution in [0.4, 0.5) is 0 Å². The highest BCUT2D eigenvalue weighted by Gasteiger charge is 2.56. The zero-order chi connectivity index (χ0) is 15.4. The second-order valence-electron chi connectivity index (χ2n) is 7.89. The maximum absolute atomic E-state index is 12.5. The van der Waals surface area contributed by atoms with E-state index in [2.05, 4.69) is 46.5 Å².